The van der Waals surface area contributed by atoms with Crippen LogP contribution in [-0.2, 0) is 7.05 Å². The van der Waals surface area contributed by atoms with Crippen LogP contribution in [0.15, 0.2) is 6.07 Å². The van der Waals surface area contributed by atoms with Gasteiger partial charge in [-0.25, -0.2) is 0 Å². The molecular weight excluding hydrogens is 320 g/mol. The molecule has 1 aliphatic heterocycles. The molecule has 22 heavy (non-hydrogen) atoms. The van der Waals surface area contributed by atoms with Crippen molar-refractivity contribution < 1.29 is 4.79 Å². The zero-order chi connectivity index (χ0) is 15.1. The zero-order valence-electron chi connectivity index (χ0n) is 13.4. The van der Waals surface area contributed by atoms with Crippen LogP contribution in [0.3, 0.4) is 0 Å². The second kappa shape index (κ2) is 6.56. The van der Waals surface area contributed by atoms with Gasteiger partial charge < -0.3 is 10.2 Å². The number of fused-ring (bicyclic) bond motifs is 1. The van der Waals surface area contributed by atoms with Crippen LogP contribution in [0.4, 0.5) is 0 Å². The van der Waals surface area contributed by atoms with Gasteiger partial charge in [0.15, 0.2) is 0 Å². The van der Waals surface area contributed by atoms with Gasteiger partial charge in [-0.1, -0.05) is 13.8 Å². The summed E-state index contributed by atoms with van der Waals surface area (Å²) in [5.74, 6) is 0.489. The van der Waals surface area contributed by atoms with Gasteiger partial charge in [-0.2, -0.15) is 5.10 Å². The van der Waals surface area contributed by atoms with E-state index in [1.807, 2.05) is 29.7 Å². The predicted molar refractivity (Wildman–Crippen MR) is 93.3 cm³/mol. The fourth-order valence-electron chi connectivity index (χ4n) is 2.91. The Morgan fingerprint density at radius 3 is 2.86 bits per heavy atom. The molecular formula is C15H23ClN4OS. The number of aromatic nitrogens is 2. The third kappa shape index (κ3) is 2.87. The molecule has 0 aromatic carbocycles. The van der Waals surface area contributed by atoms with E-state index in [0.717, 1.165) is 40.3 Å². The van der Waals surface area contributed by atoms with Crippen molar-refractivity contribution in [3.63, 3.8) is 0 Å². The summed E-state index contributed by atoms with van der Waals surface area (Å²) in [5.41, 5.74) is 1.08. The average Bonchev–Trinajstić information content (AvgIpc) is 3.14. The molecule has 0 radical (unpaired) electrons. The maximum atomic E-state index is 12.7. The number of halogens is 1. The Balaban J connectivity index is 0.00000176. The lowest BCUT2D eigenvalue weighted by Gasteiger charge is -2.22. The number of hydrogen-bond donors (Lipinski definition) is 1. The minimum absolute atomic E-state index is 0. The second-order valence-corrected chi connectivity index (χ2v) is 7.09. The molecule has 1 aliphatic rings. The SMILES string of the molecule is CC(C)c1nn(C)c2sc(C(=O)N(C)C3CCNC3)cc12.Cl. The van der Waals surface area contributed by atoms with E-state index < -0.39 is 0 Å². The first-order valence-electron chi connectivity index (χ1n) is 7.43. The Labute approximate surface area is 141 Å². The van der Waals surface area contributed by atoms with Crippen molar-refractivity contribution in [3.8, 4) is 0 Å². The third-order valence-corrected chi connectivity index (χ3v) is 5.39. The largest absolute Gasteiger partial charge is 0.337 e. The second-order valence-electron chi connectivity index (χ2n) is 6.06. The summed E-state index contributed by atoms with van der Waals surface area (Å²) >= 11 is 1.55. The van der Waals surface area contributed by atoms with E-state index >= 15 is 0 Å². The molecule has 1 saturated heterocycles. The molecule has 0 aliphatic carbocycles. The van der Waals surface area contributed by atoms with Crippen LogP contribution in [0.5, 0.6) is 0 Å². The fraction of sp³-hybridized carbons (Fsp3) is 0.600. The highest BCUT2D eigenvalue weighted by molar-refractivity contribution is 7.20. The molecule has 1 amide bonds. The van der Waals surface area contributed by atoms with E-state index in [2.05, 4.69) is 24.3 Å². The number of thiophene rings is 1. The summed E-state index contributed by atoms with van der Waals surface area (Å²) < 4.78 is 1.89. The maximum absolute atomic E-state index is 12.7. The molecule has 0 saturated carbocycles. The number of rotatable bonds is 3. The quantitative estimate of drug-likeness (QED) is 0.932. The molecule has 5 nitrogen and oxygen atoms in total. The van der Waals surface area contributed by atoms with Gasteiger partial charge in [-0.3, -0.25) is 9.48 Å². The number of nitrogens with one attached hydrogen (secondary N) is 1. The van der Waals surface area contributed by atoms with Crippen molar-refractivity contribution in [1.29, 1.82) is 0 Å². The van der Waals surface area contributed by atoms with E-state index in [0.29, 0.717) is 12.0 Å². The van der Waals surface area contributed by atoms with Crippen molar-refractivity contribution in [2.75, 3.05) is 20.1 Å². The molecule has 3 rings (SSSR count). The lowest BCUT2D eigenvalue weighted by molar-refractivity contribution is 0.0749. The Hall–Kier alpha value is -1.11. The molecule has 7 heteroatoms. The monoisotopic (exact) mass is 342 g/mol. The summed E-state index contributed by atoms with van der Waals surface area (Å²) in [7, 11) is 3.86. The molecule has 0 bridgehead atoms. The first kappa shape index (κ1) is 17.2. The molecule has 2 aromatic rings. The highest BCUT2D eigenvalue weighted by Gasteiger charge is 2.26. The summed E-state index contributed by atoms with van der Waals surface area (Å²) in [5, 5.41) is 9.00. The van der Waals surface area contributed by atoms with Gasteiger partial charge in [0.25, 0.3) is 5.91 Å². The van der Waals surface area contributed by atoms with E-state index in [1.54, 1.807) is 11.3 Å². The van der Waals surface area contributed by atoms with Crippen molar-refractivity contribution >= 4 is 39.9 Å². The van der Waals surface area contributed by atoms with Crippen LogP contribution in [-0.4, -0.2) is 46.8 Å². The Morgan fingerprint density at radius 2 is 2.27 bits per heavy atom. The molecule has 1 unspecified atom stereocenters. The number of aryl methyl sites for hydroxylation is 1. The van der Waals surface area contributed by atoms with Crippen LogP contribution in [0.1, 0.15) is 41.6 Å². The first-order valence-corrected chi connectivity index (χ1v) is 8.25. The smallest absolute Gasteiger partial charge is 0.264 e. The first-order chi connectivity index (χ1) is 9.99. The van der Waals surface area contributed by atoms with E-state index in [-0.39, 0.29) is 18.3 Å². The number of nitrogens with zero attached hydrogens (tertiary/aromatic N) is 3. The highest BCUT2D eigenvalue weighted by Crippen LogP contribution is 2.32. The molecule has 1 N–H and O–H groups in total. The number of carbonyl (C=O) groups excluding carboxylic acids is 1. The number of carbonyl (C=O) groups is 1. The van der Waals surface area contributed by atoms with Gasteiger partial charge >= 0.3 is 0 Å². The summed E-state index contributed by atoms with van der Waals surface area (Å²) in [6.07, 6.45) is 1.03. The van der Waals surface area contributed by atoms with Crippen LogP contribution in [0.2, 0.25) is 0 Å². The van der Waals surface area contributed by atoms with Crippen molar-refractivity contribution in [2.24, 2.45) is 7.05 Å². The van der Waals surface area contributed by atoms with Gasteiger partial charge in [-0.15, -0.1) is 23.7 Å². The van der Waals surface area contributed by atoms with E-state index in [9.17, 15) is 4.79 Å². The fourth-order valence-corrected chi connectivity index (χ4v) is 3.97. The molecule has 1 fully saturated rings. The van der Waals surface area contributed by atoms with Crippen molar-refractivity contribution in [1.82, 2.24) is 20.0 Å². The predicted octanol–water partition coefficient (Wildman–Crippen LogP) is 2.61. The third-order valence-electron chi connectivity index (χ3n) is 4.20. The lowest BCUT2D eigenvalue weighted by Crippen LogP contribution is -2.37. The molecule has 3 heterocycles. The summed E-state index contributed by atoms with van der Waals surface area (Å²) in [4.78, 5) is 16.5. The minimum Gasteiger partial charge on any atom is -0.337 e. The van der Waals surface area contributed by atoms with Crippen LogP contribution in [0, 0.1) is 0 Å². The van der Waals surface area contributed by atoms with Crippen molar-refractivity contribution in [3.05, 3.63) is 16.6 Å². The lowest BCUT2D eigenvalue weighted by atomic mass is 10.1. The van der Waals surface area contributed by atoms with Gasteiger partial charge in [0.1, 0.15) is 4.83 Å². The van der Waals surface area contributed by atoms with Gasteiger partial charge in [0, 0.05) is 32.1 Å². The average molecular weight is 343 g/mol. The number of likely N-dealkylation sites (N-methyl/N-ethyl adjacent to an activating group) is 1. The minimum atomic E-state index is 0. The molecule has 122 valence electrons. The standard InChI is InChI=1S/C15H22N4OS.ClH/c1-9(2)13-11-7-12(21-15(11)19(4)17-13)14(20)18(3)10-5-6-16-8-10;/h7,9-10,16H,5-6,8H2,1-4H3;1H. The van der Waals surface area contributed by atoms with E-state index in [4.69, 9.17) is 0 Å². The molecule has 1 atom stereocenters. The molecule has 0 spiro atoms. The zero-order valence-corrected chi connectivity index (χ0v) is 15.1. The normalized spacial score (nSPS) is 18.0. The highest BCUT2D eigenvalue weighted by atomic mass is 35.5. The van der Waals surface area contributed by atoms with Crippen LogP contribution >= 0.6 is 23.7 Å². The van der Waals surface area contributed by atoms with Gasteiger partial charge in [-0.05, 0) is 24.9 Å². The Morgan fingerprint density at radius 1 is 1.55 bits per heavy atom. The molecule has 2 aromatic heterocycles. The topological polar surface area (TPSA) is 50.2 Å². The maximum Gasteiger partial charge on any atom is 0.264 e. The van der Waals surface area contributed by atoms with Crippen LogP contribution in [0.25, 0.3) is 10.2 Å². The van der Waals surface area contributed by atoms with Crippen molar-refractivity contribution in [2.45, 2.75) is 32.2 Å². The van der Waals surface area contributed by atoms with Gasteiger partial charge in [0.05, 0.1) is 10.6 Å². The Bertz CT molecular complexity index is 672. The van der Waals surface area contributed by atoms with Gasteiger partial charge in [0.2, 0.25) is 0 Å². The summed E-state index contributed by atoms with van der Waals surface area (Å²) in [6.45, 7) is 6.16. The Kier molecular flexibility index (Phi) is 5.14. The number of hydrogen-bond acceptors (Lipinski definition) is 4. The van der Waals surface area contributed by atoms with Crippen LogP contribution < -0.4 is 5.32 Å². The van der Waals surface area contributed by atoms with E-state index in [1.165, 1.54) is 0 Å². The number of amides is 1. The summed E-state index contributed by atoms with van der Waals surface area (Å²) in [6, 6.07) is 2.33.